The molecule has 31 heavy (non-hydrogen) atoms. The molecule has 0 aliphatic carbocycles. The first-order valence-electron chi connectivity index (χ1n) is 10.8. The highest BCUT2D eigenvalue weighted by molar-refractivity contribution is 5.95. The minimum atomic E-state index is -0.226. The van der Waals surface area contributed by atoms with E-state index in [1.165, 1.54) is 0 Å². The standard InChI is InChI=1S/C24H30N2O5/c1-15-10-16(2)26(14-19-6-5-9-31-19)24(28)22(15)23(27)25-8-7-17-11-20(29-3)21(30-4)12-18(17)13-25/h10-12,19H,5-9,13-14H2,1-4H3/t19-/m1/s1. The van der Waals surface area contributed by atoms with Crippen LogP contribution in [0, 0.1) is 13.8 Å². The fraction of sp³-hybridized carbons (Fsp3) is 0.500. The molecule has 0 unspecified atom stereocenters. The number of hydrogen-bond donors (Lipinski definition) is 0. The fourth-order valence-corrected chi connectivity index (χ4v) is 4.62. The molecule has 4 rings (SSSR count). The van der Waals surface area contributed by atoms with Crippen LogP contribution in [0.3, 0.4) is 0 Å². The van der Waals surface area contributed by atoms with Crippen molar-refractivity contribution in [3.8, 4) is 11.5 Å². The first-order valence-corrected chi connectivity index (χ1v) is 10.8. The number of nitrogens with zero attached hydrogens (tertiary/aromatic N) is 2. The molecule has 1 amide bonds. The SMILES string of the molecule is COc1cc2c(cc1OC)CN(C(=O)c1c(C)cc(C)n(C[C@H]3CCCO3)c1=O)CC2. The van der Waals surface area contributed by atoms with E-state index in [2.05, 4.69) is 0 Å². The van der Waals surface area contributed by atoms with Gasteiger partial charge in [-0.05, 0) is 68.0 Å². The zero-order chi connectivity index (χ0) is 22.1. The van der Waals surface area contributed by atoms with Gasteiger partial charge in [0, 0.05) is 25.4 Å². The molecule has 1 saturated heterocycles. The summed E-state index contributed by atoms with van der Waals surface area (Å²) in [5.74, 6) is 1.11. The zero-order valence-corrected chi connectivity index (χ0v) is 18.7. The Kier molecular flexibility index (Phi) is 6.05. The quantitative estimate of drug-likeness (QED) is 0.735. The van der Waals surface area contributed by atoms with Gasteiger partial charge < -0.3 is 23.7 Å². The van der Waals surface area contributed by atoms with Gasteiger partial charge in [0.05, 0.1) is 26.9 Å². The zero-order valence-electron chi connectivity index (χ0n) is 18.7. The number of methoxy groups -OCH3 is 2. The van der Waals surface area contributed by atoms with Crippen LogP contribution in [0.25, 0.3) is 0 Å². The van der Waals surface area contributed by atoms with Crippen molar-refractivity contribution >= 4 is 5.91 Å². The van der Waals surface area contributed by atoms with Gasteiger partial charge in [0.1, 0.15) is 5.56 Å². The first kappa shape index (κ1) is 21.4. The molecule has 0 radical (unpaired) electrons. The molecule has 0 bridgehead atoms. The van der Waals surface area contributed by atoms with Crippen molar-refractivity contribution in [1.82, 2.24) is 9.47 Å². The molecule has 166 valence electrons. The van der Waals surface area contributed by atoms with Crippen molar-refractivity contribution in [3.63, 3.8) is 0 Å². The summed E-state index contributed by atoms with van der Waals surface area (Å²) in [5.41, 5.74) is 3.76. The van der Waals surface area contributed by atoms with E-state index >= 15 is 0 Å². The molecular formula is C24H30N2O5. The summed E-state index contributed by atoms with van der Waals surface area (Å²) < 4.78 is 18.2. The molecule has 1 atom stereocenters. The predicted molar refractivity (Wildman–Crippen MR) is 117 cm³/mol. The molecule has 2 aromatic rings. The van der Waals surface area contributed by atoms with Crippen molar-refractivity contribution in [2.75, 3.05) is 27.4 Å². The van der Waals surface area contributed by atoms with Gasteiger partial charge in [0.2, 0.25) is 0 Å². The summed E-state index contributed by atoms with van der Waals surface area (Å²) in [4.78, 5) is 28.5. The fourth-order valence-electron chi connectivity index (χ4n) is 4.62. The topological polar surface area (TPSA) is 70.0 Å². The second-order valence-corrected chi connectivity index (χ2v) is 8.35. The second kappa shape index (κ2) is 8.75. The van der Waals surface area contributed by atoms with Crippen molar-refractivity contribution in [2.24, 2.45) is 0 Å². The largest absolute Gasteiger partial charge is 0.493 e. The highest BCUT2D eigenvalue weighted by Gasteiger charge is 2.28. The van der Waals surface area contributed by atoms with E-state index in [-0.39, 0.29) is 23.1 Å². The normalized spacial score (nSPS) is 18.1. The number of amides is 1. The number of pyridine rings is 1. The summed E-state index contributed by atoms with van der Waals surface area (Å²) in [6.45, 7) is 5.97. The van der Waals surface area contributed by atoms with Gasteiger partial charge in [-0.15, -0.1) is 0 Å². The molecule has 0 N–H and O–H groups in total. The average Bonchev–Trinajstić information content (AvgIpc) is 3.28. The van der Waals surface area contributed by atoms with E-state index in [1.807, 2.05) is 32.0 Å². The van der Waals surface area contributed by atoms with Crippen molar-refractivity contribution in [1.29, 1.82) is 0 Å². The molecule has 1 aromatic carbocycles. The average molecular weight is 427 g/mol. The minimum Gasteiger partial charge on any atom is -0.493 e. The lowest BCUT2D eigenvalue weighted by Gasteiger charge is -2.30. The predicted octanol–water partition coefficient (Wildman–Crippen LogP) is 2.86. The third kappa shape index (κ3) is 4.06. The van der Waals surface area contributed by atoms with Crippen molar-refractivity contribution in [2.45, 2.75) is 52.3 Å². The van der Waals surface area contributed by atoms with Crippen LogP contribution in [-0.2, 0) is 24.2 Å². The third-order valence-electron chi connectivity index (χ3n) is 6.33. The van der Waals surface area contributed by atoms with Gasteiger partial charge in [-0.25, -0.2) is 0 Å². The monoisotopic (exact) mass is 426 g/mol. The summed E-state index contributed by atoms with van der Waals surface area (Å²) in [6.07, 6.45) is 2.69. The van der Waals surface area contributed by atoms with Crippen LogP contribution in [0.1, 0.15) is 45.6 Å². The Morgan fingerprint density at radius 1 is 1.13 bits per heavy atom. The Hall–Kier alpha value is -2.80. The number of aromatic nitrogens is 1. The minimum absolute atomic E-state index is 0.0337. The van der Waals surface area contributed by atoms with Gasteiger partial charge in [0.25, 0.3) is 11.5 Å². The van der Waals surface area contributed by atoms with Crippen LogP contribution in [-0.4, -0.2) is 48.8 Å². The summed E-state index contributed by atoms with van der Waals surface area (Å²) in [7, 11) is 3.22. The lowest BCUT2D eigenvalue weighted by molar-refractivity contribution is 0.0728. The van der Waals surface area contributed by atoms with E-state index in [1.54, 1.807) is 23.7 Å². The number of carbonyl (C=O) groups is 1. The third-order valence-corrected chi connectivity index (χ3v) is 6.33. The van der Waals surface area contributed by atoms with E-state index < -0.39 is 0 Å². The molecule has 7 nitrogen and oxygen atoms in total. The molecule has 1 fully saturated rings. The van der Waals surface area contributed by atoms with Crippen molar-refractivity contribution < 1.29 is 19.0 Å². The van der Waals surface area contributed by atoms with Crippen LogP contribution in [0.15, 0.2) is 23.0 Å². The maximum atomic E-state index is 13.5. The lowest BCUT2D eigenvalue weighted by atomic mass is 9.97. The summed E-state index contributed by atoms with van der Waals surface area (Å²) >= 11 is 0. The number of carbonyl (C=O) groups excluding carboxylic acids is 1. The number of hydrogen-bond acceptors (Lipinski definition) is 5. The second-order valence-electron chi connectivity index (χ2n) is 8.35. The number of ether oxygens (including phenoxy) is 3. The molecular weight excluding hydrogens is 396 g/mol. The Morgan fingerprint density at radius 2 is 1.84 bits per heavy atom. The van der Waals surface area contributed by atoms with Crippen LogP contribution in [0.4, 0.5) is 0 Å². The van der Waals surface area contributed by atoms with Gasteiger partial charge in [-0.1, -0.05) is 0 Å². The van der Waals surface area contributed by atoms with Gasteiger partial charge in [-0.3, -0.25) is 9.59 Å². The Bertz CT molecular complexity index is 1050. The van der Waals surface area contributed by atoms with Crippen LogP contribution in [0.2, 0.25) is 0 Å². The number of benzene rings is 1. The smallest absolute Gasteiger partial charge is 0.263 e. The highest BCUT2D eigenvalue weighted by Crippen LogP contribution is 2.33. The highest BCUT2D eigenvalue weighted by atomic mass is 16.5. The van der Waals surface area contributed by atoms with Gasteiger partial charge in [-0.2, -0.15) is 0 Å². The van der Waals surface area contributed by atoms with Crippen molar-refractivity contribution in [3.05, 3.63) is 56.5 Å². The number of fused-ring (bicyclic) bond motifs is 1. The summed E-state index contributed by atoms with van der Waals surface area (Å²) in [6, 6.07) is 5.82. The Labute approximate surface area is 182 Å². The molecule has 0 saturated carbocycles. The lowest BCUT2D eigenvalue weighted by Crippen LogP contribution is -2.41. The molecule has 0 spiro atoms. The van der Waals surface area contributed by atoms with E-state index in [0.29, 0.717) is 43.1 Å². The number of rotatable bonds is 5. The molecule has 1 aromatic heterocycles. The van der Waals surface area contributed by atoms with E-state index in [4.69, 9.17) is 14.2 Å². The summed E-state index contributed by atoms with van der Waals surface area (Å²) in [5, 5.41) is 0. The molecule has 2 aliphatic rings. The molecule has 7 heteroatoms. The van der Waals surface area contributed by atoms with E-state index in [0.717, 1.165) is 36.3 Å². The Balaban J connectivity index is 1.63. The molecule has 3 heterocycles. The van der Waals surface area contributed by atoms with Gasteiger partial charge in [0.15, 0.2) is 11.5 Å². The molecule has 2 aliphatic heterocycles. The number of aryl methyl sites for hydroxylation is 2. The maximum absolute atomic E-state index is 13.5. The first-order chi connectivity index (χ1) is 14.9. The van der Waals surface area contributed by atoms with Crippen LogP contribution < -0.4 is 15.0 Å². The van der Waals surface area contributed by atoms with Gasteiger partial charge >= 0.3 is 0 Å². The van der Waals surface area contributed by atoms with Crippen LogP contribution in [0.5, 0.6) is 11.5 Å². The van der Waals surface area contributed by atoms with Crippen LogP contribution >= 0.6 is 0 Å². The maximum Gasteiger partial charge on any atom is 0.263 e. The van der Waals surface area contributed by atoms with E-state index in [9.17, 15) is 9.59 Å². The Morgan fingerprint density at radius 3 is 2.48 bits per heavy atom.